The van der Waals surface area contributed by atoms with Crippen LogP contribution in [0.3, 0.4) is 0 Å². The molecule has 4 rings (SSSR count). The molecule has 37 heavy (non-hydrogen) atoms. The number of esters is 1. The van der Waals surface area contributed by atoms with E-state index in [1.807, 2.05) is 0 Å². The molecule has 9 nitrogen and oxygen atoms in total. The summed E-state index contributed by atoms with van der Waals surface area (Å²) in [6.45, 7) is -0.458. The van der Waals surface area contributed by atoms with Crippen LogP contribution in [-0.2, 0) is 21.4 Å². The van der Waals surface area contributed by atoms with Gasteiger partial charge in [-0.3, -0.25) is 14.7 Å². The first-order valence-corrected chi connectivity index (χ1v) is 11.7. The molecule has 1 unspecified atom stereocenters. The van der Waals surface area contributed by atoms with Crippen molar-refractivity contribution in [3.8, 4) is 0 Å². The molecular formula is C24H27ClF3N5O4. The van der Waals surface area contributed by atoms with E-state index in [0.29, 0.717) is 22.4 Å². The fourth-order valence-corrected chi connectivity index (χ4v) is 4.24. The number of hydrogen-bond acceptors (Lipinski definition) is 7. The molecule has 2 aliphatic heterocycles. The number of aromatic nitrogens is 2. The fraction of sp³-hybridized carbons (Fsp3) is 0.417. The molecule has 1 atom stereocenters. The van der Waals surface area contributed by atoms with Gasteiger partial charge in [0.1, 0.15) is 5.82 Å². The average molecular weight is 542 g/mol. The van der Waals surface area contributed by atoms with E-state index in [0.717, 1.165) is 0 Å². The Morgan fingerprint density at radius 2 is 2.11 bits per heavy atom. The second-order valence-electron chi connectivity index (χ2n) is 8.59. The predicted octanol–water partition coefficient (Wildman–Crippen LogP) is 3.25. The fourth-order valence-electron chi connectivity index (χ4n) is 4.07. The third-order valence-electron chi connectivity index (χ3n) is 5.82. The highest BCUT2D eigenvalue weighted by molar-refractivity contribution is 6.30. The Morgan fingerprint density at radius 3 is 2.68 bits per heavy atom. The van der Waals surface area contributed by atoms with Crippen LogP contribution in [0.25, 0.3) is 0 Å². The first-order valence-electron chi connectivity index (χ1n) is 11.3. The molecule has 200 valence electrons. The number of aliphatic carboxylic acids is 1. The summed E-state index contributed by atoms with van der Waals surface area (Å²) in [7, 11) is 3.03. The Hall–Kier alpha value is -3.38. The van der Waals surface area contributed by atoms with Crippen molar-refractivity contribution < 1.29 is 32.6 Å². The smallest absolute Gasteiger partial charge is 0.337 e. The highest BCUT2D eigenvalue weighted by Crippen LogP contribution is 2.34. The van der Waals surface area contributed by atoms with E-state index in [-0.39, 0.29) is 37.3 Å². The van der Waals surface area contributed by atoms with E-state index >= 15 is 0 Å². The maximum atomic E-state index is 14.0. The van der Waals surface area contributed by atoms with Crippen LogP contribution in [-0.4, -0.2) is 76.0 Å². The summed E-state index contributed by atoms with van der Waals surface area (Å²) in [5, 5.41) is 12.4. The SMILES string of the molecule is COC(=O)C1=C(CN2CC(F)(F)CC2CCC(=O)O)NC(c2nccn2C)=NC1.Fc1cccc(Cl)c1. The van der Waals surface area contributed by atoms with Gasteiger partial charge in [0, 0.05) is 55.6 Å². The van der Waals surface area contributed by atoms with Gasteiger partial charge in [0.25, 0.3) is 5.92 Å². The normalized spacial score (nSPS) is 19.0. The number of halogens is 4. The number of carbonyl (C=O) groups is 2. The average Bonchev–Trinajstić information content (AvgIpc) is 3.38. The second-order valence-corrected chi connectivity index (χ2v) is 9.03. The highest BCUT2D eigenvalue weighted by Gasteiger charge is 2.45. The number of carboxylic acid groups (broad SMARTS) is 1. The number of amidine groups is 1. The molecule has 0 amide bonds. The largest absolute Gasteiger partial charge is 0.481 e. The number of nitrogens with zero attached hydrogens (tertiary/aromatic N) is 4. The van der Waals surface area contributed by atoms with Gasteiger partial charge in [-0.25, -0.2) is 22.9 Å². The van der Waals surface area contributed by atoms with Crippen molar-refractivity contribution in [2.45, 2.75) is 31.2 Å². The molecule has 0 bridgehead atoms. The topological polar surface area (TPSA) is 109 Å². The van der Waals surface area contributed by atoms with Gasteiger partial charge in [-0.15, -0.1) is 0 Å². The molecule has 1 aromatic heterocycles. The van der Waals surface area contributed by atoms with Crippen molar-refractivity contribution in [2.24, 2.45) is 12.0 Å². The number of carboxylic acids is 1. The van der Waals surface area contributed by atoms with Gasteiger partial charge in [0.2, 0.25) is 0 Å². The lowest BCUT2D eigenvalue weighted by Gasteiger charge is -2.28. The van der Waals surface area contributed by atoms with Gasteiger partial charge in [0.15, 0.2) is 11.7 Å². The summed E-state index contributed by atoms with van der Waals surface area (Å²) in [5.74, 6) is -3.87. The van der Waals surface area contributed by atoms with Gasteiger partial charge >= 0.3 is 11.9 Å². The Balaban J connectivity index is 0.000000405. The van der Waals surface area contributed by atoms with Crippen molar-refractivity contribution >= 4 is 29.4 Å². The van der Waals surface area contributed by atoms with E-state index in [1.165, 1.54) is 24.1 Å². The number of likely N-dealkylation sites (tertiary alicyclic amines) is 1. The molecule has 0 radical (unpaired) electrons. The lowest BCUT2D eigenvalue weighted by Crippen LogP contribution is -2.41. The predicted molar refractivity (Wildman–Crippen MR) is 130 cm³/mol. The third kappa shape index (κ3) is 7.80. The number of imidazole rings is 1. The van der Waals surface area contributed by atoms with Gasteiger partial charge in [0.05, 0.1) is 25.8 Å². The van der Waals surface area contributed by atoms with Gasteiger partial charge in [-0.2, -0.15) is 0 Å². The number of rotatable bonds is 7. The lowest BCUT2D eigenvalue weighted by atomic mass is 10.1. The number of alkyl halides is 2. The summed E-state index contributed by atoms with van der Waals surface area (Å²) in [4.78, 5) is 33.1. The van der Waals surface area contributed by atoms with Crippen LogP contribution in [0.2, 0.25) is 5.02 Å². The molecule has 13 heteroatoms. The second kappa shape index (κ2) is 12.2. The first kappa shape index (κ1) is 28.2. The Kier molecular flexibility index (Phi) is 9.33. The van der Waals surface area contributed by atoms with E-state index in [4.69, 9.17) is 21.4 Å². The van der Waals surface area contributed by atoms with Gasteiger partial charge in [-0.05, 0) is 24.6 Å². The molecule has 0 spiro atoms. The van der Waals surface area contributed by atoms with Crippen LogP contribution in [0.5, 0.6) is 0 Å². The zero-order valence-corrected chi connectivity index (χ0v) is 21.0. The van der Waals surface area contributed by atoms with Crippen LogP contribution in [0.15, 0.2) is 52.9 Å². The van der Waals surface area contributed by atoms with Crippen molar-refractivity contribution in [3.05, 3.63) is 64.6 Å². The Labute approximate surface area is 216 Å². The molecule has 1 aromatic carbocycles. The van der Waals surface area contributed by atoms with E-state index < -0.39 is 36.9 Å². The molecule has 2 aliphatic rings. The monoisotopic (exact) mass is 541 g/mol. The summed E-state index contributed by atoms with van der Waals surface area (Å²) >= 11 is 5.40. The number of methoxy groups -OCH3 is 1. The summed E-state index contributed by atoms with van der Waals surface area (Å²) in [6.07, 6.45) is 2.82. The minimum absolute atomic E-state index is 0.0216. The lowest BCUT2D eigenvalue weighted by molar-refractivity contribution is -0.137. The molecule has 2 aromatic rings. The summed E-state index contributed by atoms with van der Waals surface area (Å²) in [6, 6.07) is 5.21. The minimum Gasteiger partial charge on any atom is -0.481 e. The van der Waals surface area contributed by atoms with Crippen LogP contribution in [0.1, 0.15) is 25.1 Å². The number of aliphatic imine (C=N–C) groups is 1. The van der Waals surface area contributed by atoms with Crippen LogP contribution < -0.4 is 5.32 Å². The molecule has 3 heterocycles. The number of nitrogens with one attached hydrogen (secondary N) is 1. The number of hydrogen-bond donors (Lipinski definition) is 2. The zero-order valence-electron chi connectivity index (χ0n) is 20.3. The van der Waals surface area contributed by atoms with Gasteiger partial charge < -0.3 is 19.7 Å². The van der Waals surface area contributed by atoms with Crippen molar-refractivity contribution in [2.75, 3.05) is 26.7 Å². The summed E-state index contributed by atoms with van der Waals surface area (Å²) in [5.41, 5.74) is 0.653. The van der Waals surface area contributed by atoms with Crippen molar-refractivity contribution in [1.29, 1.82) is 0 Å². The summed E-state index contributed by atoms with van der Waals surface area (Å²) < 4.78 is 46.7. The zero-order chi connectivity index (χ0) is 27.2. The molecule has 1 saturated heterocycles. The molecule has 1 fully saturated rings. The Bertz CT molecular complexity index is 1180. The number of aryl methyl sites for hydroxylation is 1. The standard InChI is InChI=1S/C18H23F2N5O4.C6H4ClF/c1-24-6-5-21-16(24)15-22-8-12(17(28)29-2)13(23-15)9-25-10-18(19,20)7-11(25)3-4-14(26)27;7-5-2-1-3-6(8)4-5/h5-6,11H,3-4,7-10H2,1-2H3,(H,22,23)(H,26,27);1-4H. The van der Waals surface area contributed by atoms with Crippen LogP contribution in [0.4, 0.5) is 13.2 Å². The highest BCUT2D eigenvalue weighted by atomic mass is 35.5. The molecular weight excluding hydrogens is 515 g/mol. The number of ether oxygens (including phenoxy) is 1. The van der Waals surface area contributed by atoms with Gasteiger partial charge in [-0.1, -0.05) is 17.7 Å². The Morgan fingerprint density at radius 1 is 1.35 bits per heavy atom. The quantitative estimate of drug-likeness (QED) is 0.518. The molecule has 2 N–H and O–H groups in total. The number of carbonyl (C=O) groups excluding carboxylic acids is 1. The van der Waals surface area contributed by atoms with Crippen LogP contribution in [0, 0.1) is 5.82 Å². The maximum absolute atomic E-state index is 14.0. The van der Waals surface area contributed by atoms with E-state index in [1.54, 1.807) is 36.1 Å². The molecule has 0 aliphatic carbocycles. The first-order chi connectivity index (χ1) is 17.5. The van der Waals surface area contributed by atoms with Crippen molar-refractivity contribution in [1.82, 2.24) is 19.8 Å². The van der Waals surface area contributed by atoms with E-state index in [2.05, 4.69) is 15.3 Å². The van der Waals surface area contributed by atoms with Crippen LogP contribution >= 0.6 is 11.6 Å². The van der Waals surface area contributed by atoms with E-state index in [9.17, 15) is 22.8 Å². The molecule has 0 saturated carbocycles. The van der Waals surface area contributed by atoms with Crippen molar-refractivity contribution in [3.63, 3.8) is 0 Å². The number of benzene rings is 1. The maximum Gasteiger partial charge on any atom is 0.337 e. The third-order valence-corrected chi connectivity index (χ3v) is 6.05. The minimum atomic E-state index is -2.92.